The lowest BCUT2D eigenvalue weighted by Crippen LogP contribution is -2.23. The number of hydrogen-bond donors (Lipinski definition) is 3. The number of carbonyl (C=O) groups is 2. The van der Waals surface area contributed by atoms with Gasteiger partial charge in [0.25, 0.3) is 0 Å². The number of amidine groups is 1. The van der Waals surface area contributed by atoms with Crippen LogP contribution >= 0.6 is 0 Å². The van der Waals surface area contributed by atoms with Crippen molar-refractivity contribution in [3.8, 4) is 0 Å². The van der Waals surface area contributed by atoms with Crippen LogP contribution in [-0.4, -0.2) is 30.0 Å². The van der Waals surface area contributed by atoms with E-state index in [1.54, 1.807) is 13.0 Å². The van der Waals surface area contributed by atoms with Crippen LogP contribution in [-0.2, 0) is 20.8 Å². The summed E-state index contributed by atoms with van der Waals surface area (Å²) < 4.78 is 26.4. The molecular weight excluding hydrogens is 444 g/mol. The minimum atomic E-state index is -0.829. The van der Waals surface area contributed by atoms with Gasteiger partial charge in [0.05, 0.1) is 11.5 Å². The van der Waals surface area contributed by atoms with Gasteiger partial charge in [-0.1, -0.05) is 36.6 Å². The maximum Gasteiger partial charge on any atom is 0.214 e. The smallest absolute Gasteiger partial charge is 0.214 e. The molecule has 1 atom stereocenters. The number of halogens is 2. The predicted molar refractivity (Wildman–Crippen MR) is 129 cm³/mol. The number of hydrogen-bond acceptors (Lipinski definition) is 5. The average molecular weight is 480 g/mol. The van der Waals surface area contributed by atoms with Crippen LogP contribution in [0.15, 0.2) is 40.1 Å². The molecule has 0 bridgehead atoms. The summed E-state index contributed by atoms with van der Waals surface area (Å²) in [4.78, 5) is 27.9. The topological polar surface area (TPSA) is 146 Å². The van der Waals surface area contributed by atoms with Gasteiger partial charge < -0.3 is 22.0 Å². The summed E-state index contributed by atoms with van der Waals surface area (Å²) in [7, 11) is 0. The molecule has 188 valence electrons. The van der Waals surface area contributed by atoms with Crippen molar-refractivity contribution >= 4 is 23.9 Å². The fraction of sp³-hybridized carbons (Fsp3) is 0.500. The second-order valence-electron chi connectivity index (χ2n) is 8.16. The second-order valence-corrected chi connectivity index (χ2v) is 8.16. The minimum absolute atomic E-state index is 0.128. The summed E-state index contributed by atoms with van der Waals surface area (Å²) in [5, 5.41) is 4.27. The van der Waals surface area contributed by atoms with Gasteiger partial charge in [-0.2, -0.15) is 0 Å². The first-order valence-corrected chi connectivity index (χ1v) is 11.3. The lowest BCUT2D eigenvalue weighted by molar-refractivity contribution is -0.116. The molecule has 0 spiro atoms. The molecule has 3 rings (SSSR count). The zero-order chi connectivity index (χ0) is 25.5. The Hall–Kier alpha value is -3.30. The molecule has 0 radical (unpaired) electrons. The summed E-state index contributed by atoms with van der Waals surface area (Å²) in [5.41, 5.74) is 16.7. The van der Waals surface area contributed by atoms with Crippen LogP contribution in [0.5, 0.6) is 0 Å². The Bertz CT molecular complexity index is 889. The van der Waals surface area contributed by atoms with Crippen LogP contribution in [0, 0.1) is 17.6 Å². The number of carbonyl (C=O) groups excluding carboxylic acids is 2. The highest BCUT2D eigenvalue weighted by Gasteiger charge is 2.31. The van der Waals surface area contributed by atoms with E-state index >= 15 is 0 Å². The quantitative estimate of drug-likeness (QED) is 0.326. The van der Waals surface area contributed by atoms with Crippen molar-refractivity contribution < 1.29 is 23.2 Å². The van der Waals surface area contributed by atoms with Crippen LogP contribution in [0.4, 0.5) is 8.78 Å². The molecule has 1 aromatic carbocycles. The van der Waals surface area contributed by atoms with E-state index in [1.165, 1.54) is 45.1 Å². The van der Waals surface area contributed by atoms with E-state index in [9.17, 15) is 13.6 Å². The molecule has 1 aliphatic carbocycles. The molecule has 0 aromatic heterocycles. The molecule has 8 nitrogen and oxygen atoms in total. The molecule has 1 fully saturated rings. The Balaban J connectivity index is 0.000000732. The molecule has 6 N–H and O–H groups in total. The maximum atomic E-state index is 13.3. The second kappa shape index (κ2) is 15.5. The standard InChI is InChI=1S/C21H27F2N3O.C2H5NO.CH3NO/c1-14(24)25-19(9-5-6-15-10-11-17(22)18(23)12-15)20-13-21(27-26-20)16-7-3-2-4-8-16;1-2(3)4;2-1-3/h9-12,16,21H,2-8,13H2,1H3,(H2,24,25);1H3,(H2,3,4);1H,(H2,2,3)/b19-9-;;. The molecule has 1 heterocycles. The van der Waals surface area contributed by atoms with Gasteiger partial charge in [-0.25, -0.2) is 13.8 Å². The van der Waals surface area contributed by atoms with Crippen molar-refractivity contribution in [2.45, 2.75) is 71.3 Å². The normalized spacial score (nSPS) is 18.5. The predicted octanol–water partition coefficient (Wildman–Crippen LogP) is 3.48. The number of rotatable bonds is 6. The lowest BCUT2D eigenvalue weighted by atomic mass is 9.83. The molecule has 1 aromatic rings. The zero-order valence-corrected chi connectivity index (χ0v) is 19.8. The number of nitrogens with zero attached hydrogens (tertiary/aromatic N) is 2. The Morgan fingerprint density at radius 2 is 1.79 bits per heavy atom. The van der Waals surface area contributed by atoms with Gasteiger partial charge in [0.1, 0.15) is 11.8 Å². The maximum absolute atomic E-state index is 13.3. The summed E-state index contributed by atoms with van der Waals surface area (Å²) in [5.74, 6) is -0.967. The SMILES string of the molecule is CC(N)=N/C(=C\CCc1ccc(F)c(F)c1)C1=NOC(C2CCCCC2)C1.CC(N)=O.NC=O. The molecule has 1 saturated carbocycles. The molecule has 2 amide bonds. The molecular formula is C24H35F2N5O3. The molecule has 34 heavy (non-hydrogen) atoms. The van der Waals surface area contributed by atoms with Gasteiger partial charge in [-0.15, -0.1) is 0 Å². The van der Waals surface area contributed by atoms with E-state index < -0.39 is 11.6 Å². The van der Waals surface area contributed by atoms with Crippen LogP contribution in [0.25, 0.3) is 0 Å². The van der Waals surface area contributed by atoms with E-state index in [2.05, 4.69) is 21.6 Å². The van der Waals surface area contributed by atoms with Crippen molar-refractivity contribution in [1.82, 2.24) is 0 Å². The number of oxime groups is 1. The van der Waals surface area contributed by atoms with Crippen molar-refractivity contribution in [2.24, 2.45) is 33.3 Å². The van der Waals surface area contributed by atoms with E-state index in [4.69, 9.17) is 15.4 Å². The first-order valence-electron chi connectivity index (χ1n) is 11.3. The molecule has 0 saturated heterocycles. The summed E-state index contributed by atoms with van der Waals surface area (Å²) in [6.07, 6.45) is 10.5. The monoisotopic (exact) mass is 479 g/mol. The van der Waals surface area contributed by atoms with Gasteiger partial charge in [0.2, 0.25) is 12.3 Å². The molecule has 1 unspecified atom stereocenters. The summed E-state index contributed by atoms with van der Waals surface area (Å²) in [6.45, 7) is 3.04. The molecule has 1 aliphatic heterocycles. The number of amides is 2. The highest BCUT2D eigenvalue weighted by atomic mass is 19.2. The number of primary amides is 2. The van der Waals surface area contributed by atoms with Gasteiger partial charge in [-0.05, 0) is 56.2 Å². The van der Waals surface area contributed by atoms with Gasteiger partial charge in [0.15, 0.2) is 11.6 Å². The third kappa shape index (κ3) is 11.0. The van der Waals surface area contributed by atoms with Gasteiger partial charge >= 0.3 is 0 Å². The average Bonchev–Trinajstić information content (AvgIpc) is 3.26. The summed E-state index contributed by atoms with van der Waals surface area (Å²) >= 11 is 0. The van der Waals surface area contributed by atoms with E-state index in [1.807, 2.05) is 6.08 Å². The van der Waals surface area contributed by atoms with Crippen molar-refractivity contribution in [3.63, 3.8) is 0 Å². The zero-order valence-electron chi connectivity index (χ0n) is 19.8. The highest BCUT2D eigenvalue weighted by molar-refractivity contribution is 6.02. The fourth-order valence-corrected chi connectivity index (χ4v) is 3.80. The Kier molecular flexibility index (Phi) is 13.1. The van der Waals surface area contributed by atoms with Crippen LogP contribution in [0.1, 0.15) is 64.4 Å². The Morgan fingerprint density at radius 3 is 2.35 bits per heavy atom. The van der Waals surface area contributed by atoms with E-state index in [0.717, 1.165) is 29.5 Å². The lowest BCUT2D eigenvalue weighted by Gasteiger charge is -2.25. The number of nitrogens with two attached hydrogens (primary N) is 3. The molecule has 10 heteroatoms. The van der Waals surface area contributed by atoms with Gasteiger partial charge in [-0.3, -0.25) is 9.59 Å². The Labute approximate surface area is 199 Å². The van der Waals surface area contributed by atoms with Crippen LogP contribution < -0.4 is 17.2 Å². The third-order valence-corrected chi connectivity index (χ3v) is 5.22. The summed E-state index contributed by atoms with van der Waals surface area (Å²) in [6, 6.07) is 3.98. The van der Waals surface area contributed by atoms with Crippen molar-refractivity contribution in [1.29, 1.82) is 0 Å². The largest absolute Gasteiger partial charge is 0.391 e. The van der Waals surface area contributed by atoms with Gasteiger partial charge in [0, 0.05) is 13.3 Å². The fourth-order valence-electron chi connectivity index (χ4n) is 3.80. The minimum Gasteiger partial charge on any atom is -0.391 e. The van der Waals surface area contributed by atoms with E-state index in [-0.39, 0.29) is 18.4 Å². The molecule has 2 aliphatic rings. The van der Waals surface area contributed by atoms with Crippen LogP contribution in [0.2, 0.25) is 0 Å². The third-order valence-electron chi connectivity index (χ3n) is 5.22. The Morgan fingerprint density at radius 1 is 1.18 bits per heavy atom. The van der Waals surface area contributed by atoms with E-state index in [0.29, 0.717) is 24.6 Å². The number of benzene rings is 1. The highest BCUT2D eigenvalue weighted by Crippen LogP contribution is 2.33. The number of aliphatic imine (C=N–C) groups is 1. The van der Waals surface area contributed by atoms with Crippen molar-refractivity contribution in [2.75, 3.05) is 0 Å². The number of aryl methyl sites for hydroxylation is 1. The van der Waals surface area contributed by atoms with Crippen molar-refractivity contribution in [3.05, 3.63) is 47.2 Å². The van der Waals surface area contributed by atoms with Crippen LogP contribution in [0.3, 0.4) is 0 Å². The first-order chi connectivity index (χ1) is 16.2. The number of allylic oxidation sites excluding steroid dienone is 2. The first kappa shape index (κ1) is 28.7.